The van der Waals surface area contributed by atoms with E-state index in [0.29, 0.717) is 18.6 Å². The number of carbonyl (C=O) groups excluding carboxylic acids is 1. The van der Waals surface area contributed by atoms with Crippen molar-refractivity contribution in [1.29, 1.82) is 0 Å². The molecule has 0 aliphatic carbocycles. The molecular formula is C15H25N3O4S2. The molecular weight excluding hydrogens is 350 g/mol. The molecule has 0 saturated carbocycles. The summed E-state index contributed by atoms with van der Waals surface area (Å²) in [5, 5.41) is 2.73. The average molecular weight is 376 g/mol. The Bertz CT molecular complexity index is 623. The van der Waals surface area contributed by atoms with Crippen molar-refractivity contribution in [2.45, 2.75) is 23.9 Å². The van der Waals surface area contributed by atoms with Crippen LogP contribution in [-0.2, 0) is 26.1 Å². The fourth-order valence-corrected chi connectivity index (χ4v) is 3.45. The lowest BCUT2D eigenvalue weighted by Crippen LogP contribution is -2.40. The van der Waals surface area contributed by atoms with E-state index in [1.165, 1.54) is 19.2 Å². The summed E-state index contributed by atoms with van der Waals surface area (Å²) in [6, 6.07) is 5.87. The standard InChI is InChI=1S/C15H25N3O4S2/c1-22-8-7-18-24(20,21)13-5-3-4-12(10-13)11-17-15(19)14(16)6-9-23-2/h3-5,10,14,18H,6-9,11,16H2,1-2H3,(H,17,19)/t14-/m0/s1. The third kappa shape index (κ3) is 7.18. The maximum Gasteiger partial charge on any atom is 0.240 e. The zero-order valence-corrected chi connectivity index (χ0v) is 15.6. The van der Waals surface area contributed by atoms with Crippen molar-refractivity contribution in [2.75, 3.05) is 32.3 Å². The quantitative estimate of drug-likeness (QED) is 0.480. The van der Waals surface area contributed by atoms with Gasteiger partial charge in [0.25, 0.3) is 0 Å². The number of nitrogens with one attached hydrogen (secondary N) is 2. The minimum atomic E-state index is -3.59. The van der Waals surface area contributed by atoms with E-state index in [2.05, 4.69) is 10.0 Å². The highest BCUT2D eigenvalue weighted by atomic mass is 32.2. The number of hydrogen-bond acceptors (Lipinski definition) is 6. The van der Waals surface area contributed by atoms with Crippen LogP contribution in [0.1, 0.15) is 12.0 Å². The zero-order chi connectivity index (χ0) is 18.0. The molecule has 0 aromatic heterocycles. The van der Waals surface area contributed by atoms with Crippen LogP contribution in [-0.4, -0.2) is 52.6 Å². The van der Waals surface area contributed by atoms with Gasteiger partial charge in [0.2, 0.25) is 15.9 Å². The molecule has 136 valence electrons. The number of carbonyl (C=O) groups is 1. The summed E-state index contributed by atoms with van der Waals surface area (Å²) < 4.78 is 31.6. The first-order valence-corrected chi connectivity index (χ1v) is 10.4. The molecule has 0 bridgehead atoms. The first-order chi connectivity index (χ1) is 11.4. The Balaban J connectivity index is 2.64. The van der Waals surface area contributed by atoms with Crippen LogP contribution < -0.4 is 15.8 Å². The van der Waals surface area contributed by atoms with Crippen molar-refractivity contribution in [2.24, 2.45) is 5.73 Å². The van der Waals surface area contributed by atoms with Gasteiger partial charge in [-0.25, -0.2) is 13.1 Å². The van der Waals surface area contributed by atoms with E-state index in [1.54, 1.807) is 23.9 Å². The number of sulfonamides is 1. The monoisotopic (exact) mass is 375 g/mol. The molecule has 0 spiro atoms. The summed E-state index contributed by atoms with van der Waals surface area (Å²) in [6.45, 7) is 0.722. The van der Waals surface area contributed by atoms with Gasteiger partial charge in [-0.15, -0.1) is 0 Å². The average Bonchev–Trinajstić information content (AvgIpc) is 2.57. The van der Waals surface area contributed by atoms with Gasteiger partial charge in [-0.05, 0) is 36.1 Å². The molecule has 24 heavy (non-hydrogen) atoms. The Morgan fingerprint density at radius 1 is 1.42 bits per heavy atom. The molecule has 1 aromatic carbocycles. The highest BCUT2D eigenvalue weighted by Crippen LogP contribution is 2.11. The van der Waals surface area contributed by atoms with Crippen LogP contribution in [0.2, 0.25) is 0 Å². The van der Waals surface area contributed by atoms with Crippen LogP contribution in [0.4, 0.5) is 0 Å². The normalized spacial score (nSPS) is 12.8. The molecule has 0 radical (unpaired) electrons. The van der Waals surface area contributed by atoms with Crippen LogP contribution in [0.25, 0.3) is 0 Å². The Kier molecular flexibility index (Phi) is 9.30. The summed E-state index contributed by atoms with van der Waals surface area (Å²) in [4.78, 5) is 12.0. The molecule has 0 aliphatic rings. The molecule has 1 atom stereocenters. The van der Waals surface area contributed by atoms with Gasteiger partial charge >= 0.3 is 0 Å². The van der Waals surface area contributed by atoms with E-state index in [9.17, 15) is 13.2 Å². The van der Waals surface area contributed by atoms with Crippen LogP contribution >= 0.6 is 11.8 Å². The molecule has 0 saturated heterocycles. The van der Waals surface area contributed by atoms with Gasteiger partial charge in [0, 0.05) is 20.2 Å². The van der Waals surface area contributed by atoms with E-state index in [-0.39, 0.29) is 23.9 Å². The van der Waals surface area contributed by atoms with Crippen LogP contribution in [0.3, 0.4) is 0 Å². The number of nitrogens with two attached hydrogens (primary N) is 1. The number of hydrogen-bond donors (Lipinski definition) is 3. The van der Waals surface area contributed by atoms with Gasteiger partial charge < -0.3 is 15.8 Å². The summed E-state index contributed by atoms with van der Waals surface area (Å²) >= 11 is 1.63. The fourth-order valence-electron chi connectivity index (χ4n) is 1.88. The number of methoxy groups -OCH3 is 1. The van der Waals surface area contributed by atoms with Crippen molar-refractivity contribution in [1.82, 2.24) is 10.0 Å². The van der Waals surface area contributed by atoms with Crippen LogP contribution in [0.15, 0.2) is 29.2 Å². The van der Waals surface area contributed by atoms with E-state index in [0.717, 1.165) is 5.75 Å². The van der Waals surface area contributed by atoms with Crippen LogP contribution in [0.5, 0.6) is 0 Å². The molecule has 9 heteroatoms. The molecule has 0 unspecified atom stereocenters. The van der Waals surface area contributed by atoms with Crippen molar-refractivity contribution in [3.05, 3.63) is 29.8 Å². The topological polar surface area (TPSA) is 111 Å². The summed E-state index contributed by atoms with van der Waals surface area (Å²) in [6.07, 6.45) is 2.56. The fraction of sp³-hybridized carbons (Fsp3) is 0.533. The highest BCUT2D eigenvalue weighted by Gasteiger charge is 2.15. The van der Waals surface area contributed by atoms with Crippen molar-refractivity contribution in [3.8, 4) is 0 Å². The minimum absolute atomic E-state index is 0.150. The Labute approximate surface area is 147 Å². The Morgan fingerprint density at radius 3 is 2.83 bits per heavy atom. The molecule has 1 amide bonds. The first-order valence-electron chi connectivity index (χ1n) is 7.50. The second kappa shape index (κ2) is 10.7. The number of amides is 1. The molecule has 0 aliphatic heterocycles. The van der Waals surface area contributed by atoms with Gasteiger partial charge in [0.15, 0.2) is 0 Å². The first kappa shape index (κ1) is 20.9. The lowest BCUT2D eigenvalue weighted by Gasteiger charge is -2.12. The van der Waals surface area contributed by atoms with Gasteiger partial charge in [0.1, 0.15) is 0 Å². The van der Waals surface area contributed by atoms with Crippen molar-refractivity contribution >= 4 is 27.7 Å². The third-order valence-electron chi connectivity index (χ3n) is 3.24. The molecule has 7 nitrogen and oxygen atoms in total. The SMILES string of the molecule is COCCNS(=O)(=O)c1cccc(CNC(=O)[C@@H](N)CCSC)c1. The van der Waals surface area contributed by atoms with E-state index in [4.69, 9.17) is 10.5 Å². The second-order valence-corrected chi connectivity index (χ2v) is 7.90. The summed E-state index contributed by atoms with van der Waals surface area (Å²) in [5.41, 5.74) is 6.48. The van der Waals surface area contributed by atoms with Gasteiger partial charge in [-0.3, -0.25) is 4.79 Å². The number of rotatable bonds is 11. The third-order valence-corrected chi connectivity index (χ3v) is 5.35. The lowest BCUT2D eigenvalue weighted by atomic mass is 10.2. The zero-order valence-electron chi connectivity index (χ0n) is 13.9. The second-order valence-electron chi connectivity index (χ2n) is 5.14. The number of benzene rings is 1. The van der Waals surface area contributed by atoms with Crippen molar-refractivity contribution in [3.63, 3.8) is 0 Å². The largest absolute Gasteiger partial charge is 0.383 e. The predicted molar refractivity (Wildman–Crippen MR) is 96.3 cm³/mol. The summed E-state index contributed by atoms with van der Waals surface area (Å²) in [7, 11) is -2.09. The Hall–Kier alpha value is -1.13. The number of thioether (sulfide) groups is 1. The molecule has 0 heterocycles. The van der Waals surface area contributed by atoms with Gasteiger partial charge in [0.05, 0.1) is 17.5 Å². The minimum Gasteiger partial charge on any atom is -0.383 e. The van der Waals surface area contributed by atoms with Crippen molar-refractivity contribution < 1.29 is 17.9 Å². The van der Waals surface area contributed by atoms with Gasteiger partial charge in [-0.2, -0.15) is 11.8 Å². The number of ether oxygens (including phenoxy) is 1. The molecule has 1 rings (SSSR count). The van der Waals surface area contributed by atoms with Gasteiger partial charge in [-0.1, -0.05) is 12.1 Å². The predicted octanol–water partition coefficient (Wildman–Crippen LogP) is 0.308. The maximum absolute atomic E-state index is 12.1. The van der Waals surface area contributed by atoms with Crippen LogP contribution in [0, 0.1) is 0 Å². The van der Waals surface area contributed by atoms with E-state index in [1.807, 2.05) is 6.26 Å². The Morgan fingerprint density at radius 2 is 2.17 bits per heavy atom. The molecule has 1 aromatic rings. The molecule has 0 fully saturated rings. The summed E-state index contributed by atoms with van der Waals surface area (Å²) in [5.74, 6) is 0.575. The molecule has 4 N–H and O–H groups in total. The van der Waals surface area contributed by atoms with E-state index >= 15 is 0 Å². The highest BCUT2D eigenvalue weighted by molar-refractivity contribution is 7.98. The smallest absolute Gasteiger partial charge is 0.240 e. The lowest BCUT2D eigenvalue weighted by molar-refractivity contribution is -0.122. The van der Waals surface area contributed by atoms with E-state index < -0.39 is 16.1 Å². The maximum atomic E-state index is 12.1.